The molecule has 3 rings (SSSR count). The van der Waals surface area contributed by atoms with E-state index in [1.807, 2.05) is 32.0 Å². The van der Waals surface area contributed by atoms with E-state index in [4.69, 9.17) is 25.8 Å². The van der Waals surface area contributed by atoms with E-state index in [9.17, 15) is 10.1 Å². The van der Waals surface area contributed by atoms with Crippen LogP contribution in [0.3, 0.4) is 0 Å². The fraction of sp³-hybridized carbons (Fsp3) is 0.333. The number of carbonyl (C=O) groups is 1. The highest BCUT2D eigenvalue weighted by Gasteiger charge is 2.16. The van der Waals surface area contributed by atoms with Crippen molar-refractivity contribution in [2.75, 3.05) is 25.6 Å². The number of aromatic nitrogens is 2. The summed E-state index contributed by atoms with van der Waals surface area (Å²) in [6.45, 7) is 8.72. The molecule has 3 aromatic rings. The highest BCUT2D eigenvalue weighted by Crippen LogP contribution is 2.37. The third-order valence-electron chi connectivity index (χ3n) is 5.12. The monoisotopic (exact) mass is 540 g/mol. The standard InChI is InChI=1S/C27H29ClN4O4S/c1-16(2)10-24-31-32-27(37-24)30-26(33)20(15-29)12-19-13-21(28)25(23(14-19)34-5)36-9-8-35-22-7-6-17(3)11-18(22)4/h6-7,11-14,16H,8-10H2,1-5H3,(H,30,32,33)/b20-12-. The Balaban J connectivity index is 1.67. The van der Waals surface area contributed by atoms with Crippen LogP contribution in [0.15, 0.2) is 35.9 Å². The Morgan fingerprint density at radius 2 is 1.92 bits per heavy atom. The molecule has 0 saturated heterocycles. The van der Waals surface area contributed by atoms with Crippen LogP contribution in [0.1, 0.15) is 35.5 Å². The first-order chi connectivity index (χ1) is 17.7. The maximum Gasteiger partial charge on any atom is 0.268 e. The van der Waals surface area contributed by atoms with Gasteiger partial charge in [0.2, 0.25) is 5.13 Å². The molecule has 0 bridgehead atoms. The van der Waals surface area contributed by atoms with Crippen molar-refractivity contribution in [2.45, 2.75) is 34.1 Å². The van der Waals surface area contributed by atoms with Crippen LogP contribution in [-0.2, 0) is 11.2 Å². The van der Waals surface area contributed by atoms with E-state index in [2.05, 4.69) is 35.4 Å². The number of hydrogen-bond donors (Lipinski definition) is 1. The second kappa shape index (κ2) is 13.1. The lowest BCUT2D eigenvalue weighted by atomic mass is 10.1. The summed E-state index contributed by atoms with van der Waals surface area (Å²) in [5.74, 6) is 1.33. The van der Waals surface area contributed by atoms with Crippen LogP contribution in [0.4, 0.5) is 5.13 Å². The number of halogens is 1. The minimum Gasteiger partial charge on any atom is -0.493 e. The highest BCUT2D eigenvalue weighted by molar-refractivity contribution is 7.15. The molecular weight excluding hydrogens is 512 g/mol. The van der Waals surface area contributed by atoms with Gasteiger partial charge in [0.1, 0.15) is 35.6 Å². The molecule has 37 heavy (non-hydrogen) atoms. The number of nitriles is 1. The van der Waals surface area contributed by atoms with Crippen molar-refractivity contribution in [1.82, 2.24) is 10.2 Å². The number of carbonyl (C=O) groups excluding carboxylic acids is 1. The molecule has 0 aliphatic carbocycles. The molecule has 0 unspecified atom stereocenters. The first-order valence-corrected chi connectivity index (χ1v) is 12.9. The zero-order valence-corrected chi connectivity index (χ0v) is 23.0. The average molecular weight is 541 g/mol. The van der Waals surface area contributed by atoms with Gasteiger partial charge in [0.25, 0.3) is 5.91 Å². The summed E-state index contributed by atoms with van der Waals surface area (Å²) in [4.78, 5) is 12.7. The number of aryl methyl sites for hydroxylation is 2. The molecule has 0 radical (unpaired) electrons. The van der Waals surface area contributed by atoms with E-state index in [1.165, 1.54) is 30.1 Å². The number of hydrogen-bond acceptors (Lipinski definition) is 8. The average Bonchev–Trinajstić information content (AvgIpc) is 3.27. The Labute approximate surface area is 225 Å². The van der Waals surface area contributed by atoms with Crippen molar-refractivity contribution in [2.24, 2.45) is 5.92 Å². The number of nitrogens with one attached hydrogen (secondary N) is 1. The lowest BCUT2D eigenvalue weighted by Crippen LogP contribution is -2.13. The third-order valence-corrected chi connectivity index (χ3v) is 6.26. The number of nitrogens with zero attached hydrogens (tertiary/aromatic N) is 3. The van der Waals surface area contributed by atoms with Gasteiger partial charge in [0, 0.05) is 6.42 Å². The van der Waals surface area contributed by atoms with Crippen LogP contribution in [0, 0.1) is 31.1 Å². The Morgan fingerprint density at radius 1 is 1.16 bits per heavy atom. The van der Waals surface area contributed by atoms with Gasteiger partial charge in [-0.3, -0.25) is 10.1 Å². The first kappa shape index (κ1) is 28.0. The molecule has 0 saturated carbocycles. The van der Waals surface area contributed by atoms with Gasteiger partial charge in [-0.1, -0.05) is 54.5 Å². The Kier molecular flexibility index (Phi) is 9.89. The molecule has 10 heteroatoms. The van der Waals surface area contributed by atoms with Gasteiger partial charge in [-0.25, -0.2) is 0 Å². The number of rotatable bonds is 11. The molecule has 8 nitrogen and oxygen atoms in total. The van der Waals surface area contributed by atoms with Crippen molar-refractivity contribution < 1.29 is 19.0 Å². The van der Waals surface area contributed by atoms with Gasteiger partial charge in [-0.2, -0.15) is 5.26 Å². The van der Waals surface area contributed by atoms with E-state index in [0.29, 0.717) is 34.7 Å². The van der Waals surface area contributed by atoms with Crippen LogP contribution >= 0.6 is 22.9 Å². The Hall–Kier alpha value is -3.61. The van der Waals surface area contributed by atoms with E-state index in [0.717, 1.165) is 22.7 Å². The summed E-state index contributed by atoms with van der Waals surface area (Å²) in [6, 6.07) is 11.1. The van der Waals surface area contributed by atoms with Gasteiger partial charge in [-0.05, 0) is 55.2 Å². The fourth-order valence-corrected chi connectivity index (χ4v) is 4.66. The van der Waals surface area contributed by atoms with E-state index in [-0.39, 0.29) is 17.2 Å². The molecule has 1 N–H and O–H groups in total. The first-order valence-electron chi connectivity index (χ1n) is 11.7. The van der Waals surface area contributed by atoms with Gasteiger partial charge in [0.15, 0.2) is 11.5 Å². The van der Waals surface area contributed by atoms with Crippen molar-refractivity contribution in [3.05, 3.63) is 62.6 Å². The summed E-state index contributed by atoms with van der Waals surface area (Å²) in [6.07, 6.45) is 2.19. The summed E-state index contributed by atoms with van der Waals surface area (Å²) in [5.41, 5.74) is 2.60. The lowest BCUT2D eigenvalue weighted by Gasteiger charge is -2.14. The van der Waals surface area contributed by atoms with Crippen LogP contribution in [-0.4, -0.2) is 36.4 Å². The molecule has 0 fully saturated rings. The number of methoxy groups -OCH3 is 1. The van der Waals surface area contributed by atoms with Gasteiger partial charge in [-0.15, -0.1) is 10.2 Å². The third kappa shape index (κ3) is 7.94. The van der Waals surface area contributed by atoms with E-state index < -0.39 is 5.91 Å². The normalized spacial score (nSPS) is 11.2. The molecule has 0 aliphatic heterocycles. The Morgan fingerprint density at radius 3 is 2.59 bits per heavy atom. The molecule has 1 aromatic heterocycles. The highest BCUT2D eigenvalue weighted by atomic mass is 35.5. The predicted octanol–water partition coefficient (Wildman–Crippen LogP) is 6.02. The fourth-order valence-electron chi connectivity index (χ4n) is 3.44. The predicted molar refractivity (Wildman–Crippen MR) is 146 cm³/mol. The van der Waals surface area contributed by atoms with Crippen LogP contribution in [0.2, 0.25) is 5.02 Å². The van der Waals surface area contributed by atoms with Gasteiger partial charge >= 0.3 is 0 Å². The SMILES string of the molecule is COc1cc(/C=C(/C#N)C(=O)Nc2nnc(CC(C)C)s2)cc(Cl)c1OCCOc1ccc(C)cc1C. The molecule has 0 atom stereocenters. The zero-order valence-electron chi connectivity index (χ0n) is 21.4. The van der Waals surface area contributed by atoms with Crippen molar-refractivity contribution >= 4 is 40.1 Å². The topological polar surface area (TPSA) is 106 Å². The number of amides is 1. The summed E-state index contributed by atoms with van der Waals surface area (Å²) < 4.78 is 17.1. The molecule has 0 spiro atoms. The van der Waals surface area contributed by atoms with Gasteiger partial charge in [0.05, 0.1) is 12.1 Å². The van der Waals surface area contributed by atoms with Gasteiger partial charge < -0.3 is 14.2 Å². The molecule has 2 aromatic carbocycles. The Bertz CT molecular complexity index is 1330. The molecular formula is C27H29ClN4O4S. The van der Waals surface area contributed by atoms with E-state index in [1.54, 1.807) is 12.1 Å². The van der Waals surface area contributed by atoms with Crippen LogP contribution < -0.4 is 19.5 Å². The molecule has 1 heterocycles. The lowest BCUT2D eigenvalue weighted by molar-refractivity contribution is -0.112. The summed E-state index contributed by atoms with van der Waals surface area (Å²) >= 11 is 7.74. The van der Waals surface area contributed by atoms with Crippen LogP contribution in [0.25, 0.3) is 6.08 Å². The minimum atomic E-state index is -0.589. The number of benzene rings is 2. The quantitative estimate of drug-likeness (QED) is 0.180. The zero-order chi connectivity index (χ0) is 26.9. The maximum atomic E-state index is 12.7. The van der Waals surface area contributed by atoms with Crippen LogP contribution in [0.5, 0.6) is 17.2 Å². The molecule has 0 aliphatic rings. The number of ether oxygens (including phenoxy) is 3. The van der Waals surface area contributed by atoms with E-state index >= 15 is 0 Å². The van der Waals surface area contributed by atoms with Crippen molar-refractivity contribution in [3.63, 3.8) is 0 Å². The minimum absolute atomic E-state index is 0.116. The second-order valence-electron chi connectivity index (χ2n) is 8.72. The molecule has 1 amide bonds. The van der Waals surface area contributed by atoms with Crippen molar-refractivity contribution in [3.8, 4) is 23.3 Å². The smallest absolute Gasteiger partial charge is 0.268 e. The summed E-state index contributed by atoms with van der Waals surface area (Å²) in [5, 5.41) is 21.7. The second-order valence-corrected chi connectivity index (χ2v) is 10.2. The largest absolute Gasteiger partial charge is 0.493 e. The summed E-state index contributed by atoms with van der Waals surface area (Å²) in [7, 11) is 1.49. The maximum absolute atomic E-state index is 12.7. The number of anilines is 1. The van der Waals surface area contributed by atoms with Crippen molar-refractivity contribution in [1.29, 1.82) is 5.26 Å². The molecule has 194 valence electrons.